The molecule has 1 aromatic heterocycles. The monoisotopic (exact) mass is 446 g/mol. The number of benzene rings is 1. The molecule has 2 aromatic rings. The molecule has 30 heavy (non-hydrogen) atoms. The number of nitrogens with two attached hydrogens (primary N) is 1. The Bertz CT molecular complexity index is 1080. The summed E-state index contributed by atoms with van der Waals surface area (Å²) >= 11 is 7.21. The highest BCUT2D eigenvalue weighted by molar-refractivity contribution is 7.17. The largest absolute Gasteiger partial charge is 0.365 e. The number of halogens is 1. The molecule has 10 heteroatoms. The molecule has 1 fully saturated rings. The van der Waals surface area contributed by atoms with Gasteiger partial charge in [-0.15, -0.1) is 11.3 Å². The zero-order chi connectivity index (χ0) is 21.6. The van der Waals surface area contributed by atoms with Crippen molar-refractivity contribution in [2.24, 2.45) is 5.73 Å². The predicted octanol–water partition coefficient (Wildman–Crippen LogP) is 2.39. The van der Waals surface area contributed by atoms with Gasteiger partial charge in [-0.3, -0.25) is 19.3 Å². The van der Waals surface area contributed by atoms with E-state index in [-0.39, 0.29) is 0 Å². The third kappa shape index (κ3) is 3.33. The third-order valence-corrected chi connectivity index (χ3v) is 6.88. The number of urea groups is 1. The second-order valence-corrected chi connectivity index (χ2v) is 8.97. The lowest BCUT2D eigenvalue weighted by atomic mass is 9.92. The molecule has 2 heterocycles. The molecule has 2 aliphatic rings. The molecular formula is C20H19ClN4O4S. The molecular weight excluding hydrogens is 428 g/mol. The molecule has 4 N–H and O–H groups in total. The fraction of sp³-hybridized carbons (Fsp3) is 0.300. The summed E-state index contributed by atoms with van der Waals surface area (Å²) < 4.78 is 0. The van der Waals surface area contributed by atoms with Crippen LogP contribution in [0.4, 0.5) is 9.80 Å². The average molecular weight is 447 g/mol. The summed E-state index contributed by atoms with van der Waals surface area (Å²) in [4.78, 5) is 51.8. The van der Waals surface area contributed by atoms with Gasteiger partial charge in [-0.05, 0) is 49.4 Å². The Morgan fingerprint density at radius 3 is 2.63 bits per heavy atom. The summed E-state index contributed by atoms with van der Waals surface area (Å²) in [5.41, 5.74) is 5.96. The topological polar surface area (TPSA) is 122 Å². The first-order valence-electron chi connectivity index (χ1n) is 9.35. The van der Waals surface area contributed by atoms with Gasteiger partial charge in [0.05, 0.1) is 5.56 Å². The van der Waals surface area contributed by atoms with E-state index in [0.717, 1.165) is 34.6 Å². The molecule has 1 atom stereocenters. The van der Waals surface area contributed by atoms with Gasteiger partial charge in [0, 0.05) is 9.90 Å². The molecule has 1 aliphatic carbocycles. The van der Waals surface area contributed by atoms with E-state index in [1.807, 2.05) is 0 Å². The normalized spacial score (nSPS) is 20.3. The Balaban J connectivity index is 1.52. The zero-order valence-corrected chi connectivity index (χ0v) is 17.7. The number of hydrogen-bond acceptors (Lipinski definition) is 5. The number of imide groups is 1. The molecule has 1 saturated heterocycles. The number of amides is 5. The smallest absolute Gasteiger partial charge is 0.325 e. The van der Waals surface area contributed by atoms with Crippen LogP contribution in [-0.4, -0.2) is 35.2 Å². The summed E-state index contributed by atoms with van der Waals surface area (Å²) in [6, 6.07) is 5.88. The van der Waals surface area contributed by atoms with Crippen molar-refractivity contribution in [2.75, 3.05) is 11.9 Å². The number of nitrogens with zero attached hydrogens (tertiary/aromatic N) is 1. The summed E-state index contributed by atoms with van der Waals surface area (Å²) in [5.74, 6) is -1.73. The van der Waals surface area contributed by atoms with Gasteiger partial charge in [0.25, 0.3) is 11.8 Å². The summed E-state index contributed by atoms with van der Waals surface area (Å²) in [5, 5.41) is 6.16. The number of carbonyl (C=O) groups is 4. The fourth-order valence-electron chi connectivity index (χ4n) is 3.88. The molecule has 0 radical (unpaired) electrons. The second kappa shape index (κ2) is 7.41. The maximum atomic E-state index is 13.0. The molecule has 8 nitrogen and oxygen atoms in total. The number of aryl methyl sites for hydroxylation is 1. The highest BCUT2D eigenvalue weighted by atomic mass is 35.5. The van der Waals surface area contributed by atoms with Crippen molar-refractivity contribution < 1.29 is 19.2 Å². The maximum absolute atomic E-state index is 13.0. The predicted molar refractivity (Wildman–Crippen MR) is 113 cm³/mol. The molecule has 0 spiro atoms. The van der Waals surface area contributed by atoms with Crippen molar-refractivity contribution in [3.63, 3.8) is 0 Å². The maximum Gasteiger partial charge on any atom is 0.325 e. The number of rotatable bonds is 5. The second-order valence-electron chi connectivity index (χ2n) is 7.43. The van der Waals surface area contributed by atoms with Crippen molar-refractivity contribution in [1.29, 1.82) is 0 Å². The molecule has 156 valence electrons. The Labute approximate surface area is 181 Å². The number of anilines is 1. The minimum Gasteiger partial charge on any atom is -0.365 e. The molecule has 1 aliphatic heterocycles. The van der Waals surface area contributed by atoms with Crippen molar-refractivity contribution in [3.8, 4) is 0 Å². The number of primary amides is 1. The van der Waals surface area contributed by atoms with Gasteiger partial charge in [0.2, 0.25) is 5.91 Å². The van der Waals surface area contributed by atoms with Crippen LogP contribution in [0.15, 0.2) is 24.3 Å². The van der Waals surface area contributed by atoms with Crippen molar-refractivity contribution in [2.45, 2.75) is 31.7 Å². The lowest BCUT2D eigenvalue weighted by Gasteiger charge is -2.22. The van der Waals surface area contributed by atoms with Gasteiger partial charge in [-0.1, -0.05) is 23.7 Å². The van der Waals surface area contributed by atoms with E-state index in [9.17, 15) is 19.2 Å². The Morgan fingerprint density at radius 1 is 1.27 bits per heavy atom. The van der Waals surface area contributed by atoms with Gasteiger partial charge in [-0.25, -0.2) is 4.79 Å². The minimum absolute atomic E-state index is 0.323. The summed E-state index contributed by atoms with van der Waals surface area (Å²) in [7, 11) is 0. The van der Waals surface area contributed by atoms with Crippen molar-refractivity contribution in [3.05, 3.63) is 50.9 Å². The van der Waals surface area contributed by atoms with Crippen LogP contribution in [0.5, 0.6) is 0 Å². The first kappa shape index (κ1) is 20.4. The minimum atomic E-state index is -1.30. The fourth-order valence-corrected chi connectivity index (χ4v) is 5.32. The highest BCUT2D eigenvalue weighted by Gasteiger charge is 2.49. The van der Waals surface area contributed by atoms with E-state index >= 15 is 0 Å². The standard InChI is InChI=1S/C20H19ClN4O4S/c1-20(10-5-7-11(21)8-6-10)18(28)25(19(29)24-20)9-14(26)23-17-15(16(22)27)12-3-2-4-13(12)30-17/h5-8H,2-4,9H2,1H3,(H2,22,27)(H,23,26)(H,24,29). The highest BCUT2D eigenvalue weighted by Crippen LogP contribution is 2.39. The number of carbonyl (C=O) groups excluding carboxylic acids is 4. The molecule has 0 bridgehead atoms. The van der Waals surface area contributed by atoms with Crippen LogP contribution < -0.4 is 16.4 Å². The number of hydrogen-bond donors (Lipinski definition) is 3. The van der Waals surface area contributed by atoms with Gasteiger partial charge >= 0.3 is 6.03 Å². The third-order valence-electron chi connectivity index (χ3n) is 5.42. The molecule has 0 saturated carbocycles. The van der Waals surface area contributed by atoms with Crippen LogP contribution in [0.1, 0.15) is 39.7 Å². The first-order valence-corrected chi connectivity index (χ1v) is 10.5. The van der Waals surface area contributed by atoms with E-state index in [1.165, 1.54) is 11.3 Å². The van der Waals surface area contributed by atoms with Crippen molar-refractivity contribution >= 4 is 51.7 Å². The zero-order valence-electron chi connectivity index (χ0n) is 16.1. The van der Waals surface area contributed by atoms with Gasteiger partial charge in [0.15, 0.2) is 0 Å². The van der Waals surface area contributed by atoms with Crippen LogP contribution in [0, 0.1) is 0 Å². The van der Waals surface area contributed by atoms with E-state index in [1.54, 1.807) is 31.2 Å². The lowest BCUT2D eigenvalue weighted by Crippen LogP contribution is -2.42. The van der Waals surface area contributed by atoms with E-state index in [0.29, 0.717) is 21.2 Å². The van der Waals surface area contributed by atoms with Crippen molar-refractivity contribution in [1.82, 2.24) is 10.2 Å². The van der Waals surface area contributed by atoms with Crippen LogP contribution >= 0.6 is 22.9 Å². The summed E-state index contributed by atoms with van der Waals surface area (Å²) in [6.45, 7) is 1.10. The van der Waals surface area contributed by atoms with Crippen LogP contribution in [0.2, 0.25) is 5.02 Å². The number of fused-ring (bicyclic) bond motifs is 1. The molecule has 1 aromatic carbocycles. The van der Waals surface area contributed by atoms with E-state index < -0.39 is 35.8 Å². The molecule has 4 rings (SSSR count). The Kier molecular flexibility index (Phi) is 5.03. The van der Waals surface area contributed by atoms with Gasteiger partial charge < -0.3 is 16.4 Å². The summed E-state index contributed by atoms with van der Waals surface area (Å²) in [6.07, 6.45) is 2.52. The van der Waals surface area contributed by atoms with Crippen LogP contribution in [0.25, 0.3) is 0 Å². The molecule has 5 amide bonds. The lowest BCUT2D eigenvalue weighted by molar-refractivity contribution is -0.133. The van der Waals surface area contributed by atoms with Gasteiger partial charge in [0.1, 0.15) is 17.1 Å². The average Bonchev–Trinajstić information content (AvgIpc) is 3.31. The SMILES string of the molecule is CC1(c2ccc(Cl)cc2)NC(=O)N(CC(=O)Nc2sc3c(c2C(N)=O)CCC3)C1=O. The quantitative estimate of drug-likeness (QED) is 0.610. The number of nitrogens with one attached hydrogen (secondary N) is 2. The van der Waals surface area contributed by atoms with E-state index in [4.69, 9.17) is 17.3 Å². The molecule has 1 unspecified atom stereocenters. The Hall–Kier alpha value is -2.91. The first-order chi connectivity index (χ1) is 14.2. The van der Waals surface area contributed by atoms with Crippen LogP contribution in [0.3, 0.4) is 0 Å². The number of thiophene rings is 1. The van der Waals surface area contributed by atoms with Gasteiger partial charge in [-0.2, -0.15) is 0 Å². The van der Waals surface area contributed by atoms with Crippen LogP contribution in [-0.2, 0) is 28.0 Å². The van der Waals surface area contributed by atoms with E-state index in [2.05, 4.69) is 10.6 Å². The Morgan fingerprint density at radius 2 is 1.97 bits per heavy atom.